The van der Waals surface area contributed by atoms with Crippen LogP contribution >= 0.6 is 11.6 Å². The summed E-state index contributed by atoms with van der Waals surface area (Å²) in [5, 5.41) is 0.593. The third-order valence-electron chi connectivity index (χ3n) is 2.65. The van der Waals surface area contributed by atoms with E-state index in [-0.39, 0.29) is 6.04 Å². The first-order valence-corrected chi connectivity index (χ1v) is 6.18. The van der Waals surface area contributed by atoms with Gasteiger partial charge in [-0.1, -0.05) is 17.7 Å². The Balaban J connectivity index is 1.93. The maximum atomic E-state index is 6.13. The number of imidazole rings is 1. The van der Waals surface area contributed by atoms with Crippen molar-refractivity contribution >= 4 is 11.6 Å². The fraction of sp³-hybridized carbons (Fsp3) is 0.308. The van der Waals surface area contributed by atoms with E-state index in [1.807, 2.05) is 35.9 Å². The summed E-state index contributed by atoms with van der Waals surface area (Å²) in [5.41, 5.74) is 6.79. The quantitative estimate of drug-likeness (QED) is 0.904. The van der Waals surface area contributed by atoms with Crippen molar-refractivity contribution in [2.24, 2.45) is 5.73 Å². The second kappa shape index (κ2) is 5.89. The molecule has 0 aliphatic carbocycles. The fourth-order valence-electron chi connectivity index (χ4n) is 1.60. The van der Waals surface area contributed by atoms with Crippen LogP contribution in [-0.2, 0) is 6.54 Å². The molecule has 0 amide bonds. The van der Waals surface area contributed by atoms with Crippen molar-refractivity contribution in [2.75, 3.05) is 6.61 Å². The van der Waals surface area contributed by atoms with Gasteiger partial charge in [0.15, 0.2) is 0 Å². The number of nitrogens with zero attached hydrogens (tertiary/aromatic N) is 2. The van der Waals surface area contributed by atoms with Crippen LogP contribution in [0.3, 0.4) is 0 Å². The van der Waals surface area contributed by atoms with Crippen molar-refractivity contribution in [3.63, 3.8) is 0 Å². The molecule has 1 aromatic carbocycles. The summed E-state index contributed by atoms with van der Waals surface area (Å²) in [4.78, 5) is 3.96. The number of halogens is 1. The lowest BCUT2D eigenvalue weighted by atomic mass is 10.1. The molecule has 18 heavy (non-hydrogen) atoms. The summed E-state index contributed by atoms with van der Waals surface area (Å²) in [7, 11) is 0. The van der Waals surface area contributed by atoms with E-state index >= 15 is 0 Å². The lowest BCUT2D eigenvalue weighted by Crippen LogP contribution is -2.08. The minimum atomic E-state index is -0.0255. The molecular weight excluding hydrogens is 250 g/mol. The van der Waals surface area contributed by atoms with Crippen LogP contribution in [0.15, 0.2) is 36.9 Å². The number of aromatic nitrogens is 2. The Morgan fingerprint density at radius 2 is 2.33 bits per heavy atom. The third-order valence-corrected chi connectivity index (χ3v) is 2.94. The summed E-state index contributed by atoms with van der Waals surface area (Å²) in [5.74, 6) is 0.682. The molecule has 0 saturated heterocycles. The van der Waals surface area contributed by atoms with Crippen molar-refractivity contribution in [1.29, 1.82) is 0 Å². The summed E-state index contributed by atoms with van der Waals surface area (Å²) in [6, 6.07) is 5.61. The van der Waals surface area contributed by atoms with Gasteiger partial charge < -0.3 is 15.0 Å². The van der Waals surface area contributed by atoms with Crippen molar-refractivity contribution in [3.05, 3.63) is 47.5 Å². The molecule has 1 atom stereocenters. The highest BCUT2D eigenvalue weighted by Gasteiger charge is 2.05. The molecule has 0 unspecified atom stereocenters. The van der Waals surface area contributed by atoms with Crippen LogP contribution in [0.25, 0.3) is 0 Å². The molecule has 1 aromatic heterocycles. The zero-order chi connectivity index (χ0) is 13.0. The summed E-state index contributed by atoms with van der Waals surface area (Å²) < 4.78 is 7.57. The molecule has 2 rings (SSSR count). The molecule has 0 saturated carbocycles. The molecule has 1 heterocycles. The third kappa shape index (κ3) is 3.24. The molecule has 0 aliphatic rings. The van der Waals surface area contributed by atoms with Crippen LogP contribution in [0.5, 0.6) is 5.75 Å². The standard InChI is InChI=1S/C13H16ClN3O/c1-10(15)11-2-3-13(12(14)8-11)18-7-6-17-5-4-16-9-17/h2-5,8-10H,6-7,15H2,1H3/t10-/m0/s1. The highest BCUT2D eigenvalue weighted by Crippen LogP contribution is 2.27. The van der Waals surface area contributed by atoms with Gasteiger partial charge in [-0.3, -0.25) is 0 Å². The summed E-state index contributed by atoms with van der Waals surface area (Å²) in [6.45, 7) is 3.21. The predicted octanol–water partition coefficient (Wildman–Crippen LogP) is 2.64. The number of nitrogens with two attached hydrogens (primary N) is 1. The maximum absolute atomic E-state index is 6.13. The maximum Gasteiger partial charge on any atom is 0.137 e. The van der Waals surface area contributed by atoms with Crippen LogP contribution in [0.2, 0.25) is 5.02 Å². The molecule has 0 bridgehead atoms. The molecule has 96 valence electrons. The van der Waals surface area contributed by atoms with Crippen molar-refractivity contribution in [1.82, 2.24) is 9.55 Å². The number of benzene rings is 1. The Bertz CT molecular complexity index is 497. The number of rotatable bonds is 5. The van der Waals surface area contributed by atoms with Crippen LogP contribution < -0.4 is 10.5 Å². The van der Waals surface area contributed by atoms with Crippen LogP contribution in [0, 0.1) is 0 Å². The molecule has 2 aromatic rings. The fourth-order valence-corrected chi connectivity index (χ4v) is 1.84. The van der Waals surface area contributed by atoms with E-state index in [9.17, 15) is 0 Å². The largest absolute Gasteiger partial charge is 0.490 e. The first-order chi connectivity index (χ1) is 8.66. The smallest absolute Gasteiger partial charge is 0.137 e. The van der Waals surface area contributed by atoms with Gasteiger partial charge in [-0.15, -0.1) is 0 Å². The number of hydrogen-bond acceptors (Lipinski definition) is 3. The highest BCUT2D eigenvalue weighted by atomic mass is 35.5. The van der Waals surface area contributed by atoms with Gasteiger partial charge in [0.1, 0.15) is 12.4 Å². The second-order valence-corrected chi connectivity index (χ2v) is 4.53. The first-order valence-electron chi connectivity index (χ1n) is 5.80. The average Bonchev–Trinajstić information content (AvgIpc) is 2.84. The lowest BCUT2D eigenvalue weighted by Gasteiger charge is -2.11. The van der Waals surface area contributed by atoms with Gasteiger partial charge >= 0.3 is 0 Å². The van der Waals surface area contributed by atoms with Crippen LogP contribution in [0.4, 0.5) is 0 Å². The van der Waals surface area contributed by atoms with Gasteiger partial charge in [0.25, 0.3) is 0 Å². The summed E-state index contributed by atoms with van der Waals surface area (Å²) in [6.07, 6.45) is 5.39. The molecule has 0 radical (unpaired) electrons. The van der Waals surface area contributed by atoms with Gasteiger partial charge in [-0.25, -0.2) is 4.98 Å². The van der Waals surface area contributed by atoms with E-state index in [1.165, 1.54) is 0 Å². The Morgan fingerprint density at radius 3 is 2.94 bits per heavy atom. The Hall–Kier alpha value is -1.52. The van der Waals surface area contributed by atoms with Gasteiger partial charge in [0, 0.05) is 18.4 Å². The van der Waals surface area contributed by atoms with Crippen molar-refractivity contribution in [2.45, 2.75) is 19.5 Å². The van der Waals surface area contributed by atoms with E-state index in [1.54, 1.807) is 12.5 Å². The highest BCUT2D eigenvalue weighted by molar-refractivity contribution is 6.32. The number of ether oxygens (including phenoxy) is 1. The van der Waals surface area contributed by atoms with E-state index < -0.39 is 0 Å². The minimum Gasteiger partial charge on any atom is -0.490 e. The van der Waals surface area contributed by atoms with E-state index in [2.05, 4.69) is 4.98 Å². The molecule has 0 fully saturated rings. The Labute approximate surface area is 111 Å². The second-order valence-electron chi connectivity index (χ2n) is 4.13. The molecule has 5 heteroatoms. The predicted molar refractivity (Wildman–Crippen MR) is 71.8 cm³/mol. The Morgan fingerprint density at radius 1 is 1.50 bits per heavy atom. The molecule has 2 N–H and O–H groups in total. The number of hydrogen-bond donors (Lipinski definition) is 1. The molecule has 4 nitrogen and oxygen atoms in total. The van der Waals surface area contributed by atoms with Crippen LogP contribution in [-0.4, -0.2) is 16.2 Å². The zero-order valence-electron chi connectivity index (χ0n) is 10.2. The molecule has 0 spiro atoms. The molecule has 0 aliphatic heterocycles. The monoisotopic (exact) mass is 265 g/mol. The summed E-state index contributed by atoms with van der Waals surface area (Å²) >= 11 is 6.13. The zero-order valence-corrected chi connectivity index (χ0v) is 11.0. The van der Waals surface area contributed by atoms with Gasteiger partial charge in [0.05, 0.1) is 17.9 Å². The SMILES string of the molecule is C[C@H](N)c1ccc(OCCn2ccnc2)c(Cl)c1. The minimum absolute atomic E-state index is 0.0255. The first kappa shape index (κ1) is 12.9. The Kier molecular flexibility index (Phi) is 4.23. The van der Waals surface area contributed by atoms with Gasteiger partial charge in [-0.2, -0.15) is 0 Å². The lowest BCUT2D eigenvalue weighted by molar-refractivity contribution is 0.298. The van der Waals surface area contributed by atoms with E-state index in [0.29, 0.717) is 17.4 Å². The van der Waals surface area contributed by atoms with Gasteiger partial charge in [-0.05, 0) is 24.6 Å². The average molecular weight is 266 g/mol. The van der Waals surface area contributed by atoms with Gasteiger partial charge in [0.2, 0.25) is 0 Å². The topological polar surface area (TPSA) is 53.1 Å². The van der Waals surface area contributed by atoms with Crippen LogP contribution in [0.1, 0.15) is 18.5 Å². The molecular formula is C13H16ClN3O. The van der Waals surface area contributed by atoms with Crippen molar-refractivity contribution < 1.29 is 4.74 Å². The normalized spacial score (nSPS) is 12.4. The van der Waals surface area contributed by atoms with E-state index in [0.717, 1.165) is 12.1 Å². The van der Waals surface area contributed by atoms with Crippen molar-refractivity contribution in [3.8, 4) is 5.75 Å². The van der Waals surface area contributed by atoms with E-state index in [4.69, 9.17) is 22.1 Å².